The lowest BCUT2D eigenvalue weighted by Crippen LogP contribution is -2.11. The fraction of sp³-hybridized carbons (Fsp3) is 0.231. The van der Waals surface area contributed by atoms with E-state index in [0.717, 1.165) is 22.0 Å². The highest BCUT2D eigenvalue weighted by Gasteiger charge is 2.14. The van der Waals surface area contributed by atoms with Crippen LogP contribution in [0, 0.1) is 13.8 Å². The molecule has 2 aromatic rings. The zero-order chi connectivity index (χ0) is 13.1. The molecule has 0 radical (unpaired) electrons. The Morgan fingerprint density at radius 1 is 1.33 bits per heavy atom. The Balaban J connectivity index is 2.16. The number of hydrogen-bond donors (Lipinski definition) is 2. The molecular weight excluding hydrogens is 246 g/mol. The third-order valence-electron chi connectivity index (χ3n) is 2.53. The molecule has 0 spiro atoms. The Hall–Kier alpha value is -1.72. The average molecular weight is 261 g/mol. The number of nitrogens with one attached hydrogen (secondary N) is 1. The van der Waals surface area contributed by atoms with Crippen LogP contribution in [0.3, 0.4) is 0 Å². The van der Waals surface area contributed by atoms with Gasteiger partial charge in [0.05, 0.1) is 5.69 Å². The zero-order valence-electron chi connectivity index (χ0n) is 10.4. The second-order valence-electron chi connectivity index (χ2n) is 4.05. The Morgan fingerprint density at radius 3 is 2.56 bits per heavy atom. The predicted molar refractivity (Wildman–Crippen MR) is 73.9 cm³/mol. The molecular formula is C13H15N3OS. The van der Waals surface area contributed by atoms with Gasteiger partial charge in [-0.3, -0.25) is 4.79 Å². The molecule has 0 aliphatic rings. The third-order valence-corrected chi connectivity index (χ3v) is 3.71. The van der Waals surface area contributed by atoms with Crippen molar-refractivity contribution >= 4 is 22.9 Å². The van der Waals surface area contributed by atoms with Crippen molar-refractivity contribution in [2.24, 2.45) is 5.73 Å². The van der Waals surface area contributed by atoms with Gasteiger partial charge < -0.3 is 11.1 Å². The van der Waals surface area contributed by atoms with Gasteiger partial charge in [0.1, 0.15) is 9.88 Å². The third kappa shape index (κ3) is 2.75. The van der Waals surface area contributed by atoms with Crippen molar-refractivity contribution in [3.05, 3.63) is 45.4 Å². The van der Waals surface area contributed by atoms with Crippen molar-refractivity contribution in [3.63, 3.8) is 0 Å². The molecule has 0 bridgehead atoms. The van der Waals surface area contributed by atoms with E-state index in [2.05, 4.69) is 10.3 Å². The number of carbonyl (C=O) groups is 1. The number of hydrogen-bond acceptors (Lipinski definition) is 4. The molecule has 5 heteroatoms. The predicted octanol–water partition coefficient (Wildman–Crippen LogP) is 2.47. The minimum Gasteiger partial charge on any atom is -0.325 e. The lowest BCUT2D eigenvalue weighted by atomic mass is 10.2. The Labute approximate surface area is 110 Å². The molecule has 1 amide bonds. The van der Waals surface area contributed by atoms with Crippen molar-refractivity contribution < 1.29 is 4.79 Å². The number of anilines is 1. The second-order valence-corrected chi connectivity index (χ2v) is 5.13. The van der Waals surface area contributed by atoms with E-state index in [1.54, 1.807) is 0 Å². The van der Waals surface area contributed by atoms with Gasteiger partial charge in [-0.15, -0.1) is 11.3 Å². The van der Waals surface area contributed by atoms with E-state index in [4.69, 9.17) is 5.73 Å². The minimum absolute atomic E-state index is 0.131. The number of thiazole rings is 1. The van der Waals surface area contributed by atoms with Gasteiger partial charge in [0.15, 0.2) is 0 Å². The molecule has 0 fully saturated rings. The highest BCUT2D eigenvalue weighted by Crippen LogP contribution is 2.19. The average Bonchev–Trinajstić information content (AvgIpc) is 2.73. The summed E-state index contributed by atoms with van der Waals surface area (Å²) < 4.78 is 0. The maximum absolute atomic E-state index is 12.1. The molecule has 2 rings (SSSR count). The lowest BCUT2D eigenvalue weighted by Gasteiger charge is -2.04. The largest absolute Gasteiger partial charge is 0.325 e. The van der Waals surface area contributed by atoms with Crippen LogP contribution in [-0.2, 0) is 6.54 Å². The number of amides is 1. The maximum Gasteiger partial charge on any atom is 0.267 e. The van der Waals surface area contributed by atoms with Crippen LogP contribution in [0.1, 0.15) is 25.9 Å². The molecule has 0 aliphatic heterocycles. The Bertz CT molecular complexity index is 560. The number of rotatable bonds is 3. The van der Waals surface area contributed by atoms with E-state index in [-0.39, 0.29) is 5.91 Å². The van der Waals surface area contributed by atoms with Crippen LogP contribution in [0.4, 0.5) is 5.69 Å². The smallest absolute Gasteiger partial charge is 0.267 e. The summed E-state index contributed by atoms with van der Waals surface area (Å²) in [6, 6.07) is 7.68. The molecule has 18 heavy (non-hydrogen) atoms. The van der Waals surface area contributed by atoms with Crippen LogP contribution in [0.5, 0.6) is 0 Å². The highest BCUT2D eigenvalue weighted by atomic mass is 32.1. The summed E-state index contributed by atoms with van der Waals surface area (Å²) in [6.07, 6.45) is 0. The zero-order valence-corrected chi connectivity index (χ0v) is 11.2. The van der Waals surface area contributed by atoms with Gasteiger partial charge in [0, 0.05) is 12.2 Å². The molecule has 1 aromatic heterocycles. The molecule has 4 nitrogen and oxygen atoms in total. The SMILES string of the molecule is Cc1ccc(NC(=O)c2sc(CN)nc2C)cc1. The second kappa shape index (κ2) is 5.29. The molecule has 0 saturated heterocycles. The maximum atomic E-state index is 12.1. The van der Waals surface area contributed by atoms with Crippen molar-refractivity contribution in [3.8, 4) is 0 Å². The number of aromatic nitrogens is 1. The van der Waals surface area contributed by atoms with Crippen LogP contribution in [0.15, 0.2) is 24.3 Å². The summed E-state index contributed by atoms with van der Waals surface area (Å²) in [5.74, 6) is -0.131. The summed E-state index contributed by atoms with van der Waals surface area (Å²) >= 11 is 1.34. The summed E-state index contributed by atoms with van der Waals surface area (Å²) in [5, 5.41) is 3.63. The number of aryl methyl sites for hydroxylation is 2. The van der Waals surface area contributed by atoms with E-state index >= 15 is 0 Å². The summed E-state index contributed by atoms with van der Waals surface area (Å²) in [7, 11) is 0. The van der Waals surface area contributed by atoms with Crippen LogP contribution >= 0.6 is 11.3 Å². The van der Waals surface area contributed by atoms with Gasteiger partial charge >= 0.3 is 0 Å². The van der Waals surface area contributed by atoms with Gasteiger partial charge in [0.2, 0.25) is 0 Å². The van der Waals surface area contributed by atoms with Crippen molar-refractivity contribution in [1.82, 2.24) is 4.98 Å². The number of nitrogens with two attached hydrogens (primary N) is 1. The summed E-state index contributed by atoms with van der Waals surface area (Å²) in [5.41, 5.74) is 8.19. The molecule has 0 unspecified atom stereocenters. The number of nitrogens with zero attached hydrogens (tertiary/aromatic N) is 1. The molecule has 1 aromatic carbocycles. The van der Waals surface area contributed by atoms with Crippen molar-refractivity contribution in [1.29, 1.82) is 0 Å². The normalized spacial score (nSPS) is 10.4. The molecule has 0 saturated carbocycles. The van der Waals surface area contributed by atoms with Gasteiger partial charge in [0.25, 0.3) is 5.91 Å². The first-order valence-electron chi connectivity index (χ1n) is 5.64. The highest BCUT2D eigenvalue weighted by molar-refractivity contribution is 7.13. The standard InChI is InChI=1S/C13H15N3OS/c1-8-3-5-10(6-4-8)16-13(17)12-9(2)15-11(7-14)18-12/h3-6H,7,14H2,1-2H3,(H,16,17). The Kier molecular flexibility index (Phi) is 3.74. The summed E-state index contributed by atoms with van der Waals surface area (Å²) in [4.78, 5) is 16.9. The first kappa shape index (κ1) is 12.7. The summed E-state index contributed by atoms with van der Waals surface area (Å²) in [6.45, 7) is 4.19. The fourth-order valence-corrected chi connectivity index (χ4v) is 2.41. The Morgan fingerprint density at radius 2 is 2.00 bits per heavy atom. The van der Waals surface area contributed by atoms with Crippen molar-refractivity contribution in [2.45, 2.75) is 20.4 Å². The number of carbonyl (C=O) groups excluding carboxylic acids is 1. The fourth-order valence-electron chi connectivity index (χ4n) is 1.58. The van der Waals surface area contributed by atoms with E-state index in [0.29, 0.717) is 11.4 Å². The van der Waals surface area contributed by atoms with Gasteiger partial charge in [-0.2, -0.15) is 0 Å². The molecule has 1 heterocycles. The van der Waals surface area contributed by atoms with Crippen LogP contribution in [-0.4, -0.2) is 10.9 Å². The first-order valence-corrected chi connectivity index (χ1v) is 6.46. The van der Waals surface area contributed by atoms with Crippen LogP contribution in [0.2, 0.25) is 0 Å². The van der Waals surface area contributed by atoms with Crippen LogP contribution in [0.25, 0.3) is 0 Å². The topological polar surface area (TPSA) is 68.0 Å². The molecule has 94 valence electrons. The van der Waals surface area contributed by atoms with Gasteiger partial charge in [-0.1, -0.05) is 17.7 Å². The monoisotopic (exact) mass is 261 g/mol. The van der Waals surface area contributed by atoms with Gasteiger partial charge in [-0.05, 0) is 26.0 Å². The number of benzene rings is 1. The minimum atomic E-state index is -0.131. The van der Waals surface area contributed by atoms with E-state index in [1.165, 1.54) is 11.3 Å². The molecule has 0 atom stereocenters. The van der Waals surface area contributed by atoms with E-state index < -0.39 is 0 Å². The van der Waals surface area contributed by atoms with Crippen LogP contribution < -0.4 is 11.1 Å². The lowest BCUT2D eigenvalue weighted by molar-refractivity contribution is 0.103. The van der Waals surface area contributed by atoms with Gasteiger partial charge in [-0.25, -0.2) is 4.98 Å². The first-order chi connectivity index (χ1) is 8.60. The van der Waals surface area contributed by atoms with E-state index in [1.807, 2.05) is 38.1 Å². The molecule has 0 aliphatic carbocycles. The molecule has 3 N–H and O–H groups in total. The van der Waals surface area contributed by atoms with E-state index in [9.17, 15) is 4.79 Å². The quantitative estimate of drug-likeness (QED) is 0.891. The van der Waals surface area contributed by atoms with Crippen molar-refractivity contribution in [2.75, 3.05) is 5.32 Å².